The molecule has 3 aromatic carbocycles. The highest BCUT2D eigenvalue weighted by Crippen LogP contribution is 2.53. The summed E-state index contributed by atoms with van der Waals surface area (Å²) in [5.74, 6) is 6.08. The number of imide groups is 1. The van der Waals surface area contributed by atoms with E-state index in [1.165, 1.54) is 31.9 Å². The maximum Gasteiger partial charge on any atom is 0.257 e. The molecule has 3 saturated heterocycles. The van der Waals surface area contributed by atoms with E-state index in [0.717, 1.165) is 63.7 Å². The van der Waals surface area contributed by atoms with Crippen LogP contribution in [0.15, 0.2) is 42.5 Å². The van der Waals surface area contributed by atoms with Gasteiger partial charge in [0.25, 0.3) is 17.7 Å². The molecule has 0 aromatic heterocycles. The Hall–Kier alpha value is -6.01. The summed E-state index contributed by atoms with van der Waals surface area (Å²) in [7, 11) is 3.01. The predicted molar refractivity (Wildman–Crippen MR) is 247 cm³/mol. The lowest BCUT2D eigenvalue weighted by Gasteiger charge is -2.53. The third kappa shape index (κ3) is 9.75. The molecule has 5 aliphatic rings. The molecule has 4 atom stereocenters. The van der Waals surface area contributed by atoms with Gasteiger partial charge in [-0.25, -0.2) is 4.39 Å². The number of nitrogens with zero attached hydrogens (tertiary/aromatic N) is 2. The topological polar surface area (TPSA) is 189 Å². The molecular weight excluding hydrogens is 844 g/mol. The van der Waals surface area contributed by atoms with Gasteiger partial charge < -0.3 is 35.6 Å². The summed E-state index contributed by atoms with van der Waals surface area (Å²) in [6, 6.07) is 11.0. The first kappa shape index (κ1) is 46.5. The number of benzene rings is 3. The van der Waals surface area contributed by atoms with Crippen LogP contribution in [0.25, 0.3) is 10.8 Å². The number of ether oxygens (including phenoxy) is 2. The molecule has 0 radical (unpaired) electrons. The van der Waals surface area contributed by atoms with Crippen LogP contribution in [0.5, 0.6) is 11.5 Å². The highest BCUT2D eigenvalue weighted by molar-refractivity contribution is 6.09. The van der Waals surface area contributed by atoms with Gasteiger partial charge in [0.2, 0.25) is 11.8 Å². The largest absolute Gasteiger partial charge is 0.496 e. The number of halogens is 1. The number of aldehydes is 1. The number of carbonyl (C=O) groups excluding carboxylic acids is 6. The zero-order valence-electron chi connectivity index (χ0n) is 38.1. The quantitative estimate of drug-likeness (QED) is 0.0896. The smallest absolute Gasteiger partial charge is 0.257 e. The number of anilines is 1. The number of piperidine rings is 2. The molecule has 3 heterocycles. The van der Waals surface area contributed by atoms with E-state index >= 15 is 0 Å². The van der Waals surface area contributed by atoms with Crippen LogP contribution in [0, 0.1) is 40.9 Å². The number of rotatable bonds is 14. The summed E-state index contributed by atoms with van der Waals surface area (Å²) in [6.45, 7) is 5.90. The second kappa shape index (κ2) is 19.8. The van der Waals surface area contributed by atoms with Crippen LogP contribution in [0.4, 0.5) is 10.1 Å². The predicted octanol–water partition coefficient (Wildman–Crippen LogP) is 5.64. The number of alkyl halides is 1. The summed E-state index contributed by atoms with van der Waals surface area (Å²) < 4.78 is 26.2. The molecule has 2 saturated carbocycles. The maximum atomic E-state index is 14.5. The molecule has 3 aliphatic heterocycles. The summed E-state index contributed by atoms with van der Waals surface area (Å²) >= 11 is 0. The van der Waals surface area contributed by atoms with Crippen molar-refractivity contribution in [2.75, 3.05) is 52.3 Å². The van der Waals surface area contributed by atoms with Crippen molar-refractivity contribution in [1.29, 1.82) is 0 Å². The molecule has 0 bridgehead atoms. The molecule has 350 valence electrons. The summed E-state index contributed by atoms with van der Waals surface area (Å²) in [6.07, 6.45) is 8.82. The van der Waals surface area contributed by atoms with Gasteiger partial charge in [0.1, 0.15) is 24.1 Å². The van der Waals surface area contributed by atoms with Crippen LogP contribution in [0.3, 0.4) is 0 Å². The minimum Gasteiger partial charge on any atom is -0.496 e. The minimum absolute atomic E-state index is 0.0917. The molecule has 14 nitrogen and oxygen atoms in total. The zero-order chi connectivity index (χ0) is 46.7. The second-order valence-electron chi connectivity index (χ2n) is 19.2. The van der Waals surface area contributed by atoms with Gasteiger partial charge in [-0.3, -0.25) is 34.1 Å². The first-order valence-corrected chi connectivity index (χ1v) is 23.5. The standard InChI is InChI=1S/C51H61FN6O8/c1-4-35-40(55-49(63)46(35)52)29-66-42-16-14-33(36-22-38(47(53)61)43(65-3)23-37(36)42)13-12-30-8-10-31(11-9-30)27-58-20-18-51(19-21-58)24-32(25-51)26-54-39-7-5-6-34(28-59)45(39)50(64)57(2)41-15-17-44(60)56-48(41)62/h5-7,14,16,22-23,28,30-32,35,40-41,46,54H,4,8-11,15,17-21,24-27,29H2,1-3H3,(H2,53,61)(H,55,63)(H,56,60,62)/t30-,31-,35-,40+,41?,46-/m0/s1. The molecule has 66 heavy (non-hydrogen) atoms. The van der Waals surface area contributed by atoms with E-state index in [1.807, 2.05) is 19.1 Å². The van der Waals surface area contributed by atoms with Crippen molar-refractivity contribution in [2.24, 2.45) is 34.8 Å². The Morgan fingerprint density at radius 3 is 2.44 bits per heavy atom. The van der Waals surface area contributed by atoms with Gasteiger partial charge in [0.15, 0.2) is 12.5 Å². The first-order chi connectivity index (χ1) is 31.8. The molecule has 3 aromatic rings. The number of nitrogens with two attached hydrogens (primary N) is 1. The van der Waals surface area contributed by atoms with Crippen LogP contribution in [-0.4, -0.2) is 111 Å². The second-order valence-corrected chi connectivity index (χ2v) is 19.2. The lowest BCUT2D eigenvalue weighted by Crippen LogP contribution is -2.53. The van der Waals surface area contributed by atoms with Gasteiger partial charge in [-0.05, 0) is 125 Å². The minimum atomic E-state index is -1.56. The third-order valence-electron chi connectivity index (χ3n) is 15.1. The van der Waals surface area contributed by atoms with E-state index in [1.54, 1.807) is 30.3 Å². The molecule has 8 rings (SSSR count). The Morgan fingerprint density at radius 1 is 1.00 bits per heavy atom. The van der Waals surface area contributed by atoms with Gasteiger partial charge >= 0.3 is 0 Å². The fraction of sp³-hybridized carbons (Fsp3) is 0.529. The number of nitrogens with one attached hydrogen (secondary N) is 3. The lowest BCUT2D eigenvalue weighted by atomic mass is 9.57. The Morgan fingerprint density at radius 2 is 1.76 bits per heavy atom. The Bertz CT molecular complexity index is 2440. The van der Waals surface area contributed by atoms with Gasteiger partial charge in [-0.2, -0.15) is 0 Å². The van der Waals surface area contributed by atoms with Gasteiger partial charge in [0, 0.05) is 66.0 Å². The van der Waals surface area contributed by atoms with Gasteiger partial charge in [-0.15, -0.1) is 0 Å². The Labute approximate surface area is 385 Å². The van der Waals surface area contributed by atoms with E-state index in [4.69, 9.17) is 15.2 Å². The van der Waals surface area contributed by atoms with Crippen molar-refractivity contribution >= 4 is 52.3 Å². The monoisotopic (exact) mass is 904 g/mol. The van der Waals surface area contributed by atoms with Crippen LogP contribution in [-0.2, 0) is 14.4 Å². The molecule has 15 heteroatoms. The van der Waals surface area contributed by atoms with Gasteiger partial charge in [0.05, 0.1) is 24.3 Å². The van der Waals surface area contributed by atoms with Crippen molar-refractivity contribution < 1.29 is 42.6 Å². The molecule has 2 aliphatic carbocycles. The van der Waals surface area contributed by atoms with Crippen molar-refractivity contribution in [1.82, 2.24) is 20.4 Å². The summed E-state index contributed by atoms with van der Waals surface area (Å²) in [4.78, 5) is 78.4. The molecule has 5 N–H and O–H groups in total. The van der Waals surface area contributed by atoms with Crippen LogP contribution in [0.2, 0.25) is 0 Å². The number of hydrogen-bond acceptors (Lipinski definition) is 10. The zero-order valence-corrected chi connectivity index (χ0v) is 38.1. The molecule has 1 unspecified atom stereocenters. The van der Waals surface area contributed by atoms with E-state index in [0.29, 0.717) is 64.5 Å². The first-order valence-electron chi connectivity index (χ1n) is 23.5. The number of fused-ring (bicyclic) bond motifs is 1. The van der Waals surface area contributed by atoms with E-state index in [9.17, 15) is 33.2 Å². The van der Waals surface area contributed by atoms with Crippen LogP contribution < -0.4 is 31.2 Å². The summed E-state index contributed by atoms with van der Waals surface area (Å²) in [5, 5.41) is 9.87. The number of likely N-dealkylation sites (N-methyl/N-ethyl adjacent to an activating group) is 1. The maximum absolute atomic E-state index is 14.5. The number of hydrogen-bond donors (Lipinski definition) is 4. The lowest BCUT2D eigenvalue weighted by molar-refractivity contribution is -0.136. The fourth-order valence-corrected chi connectivity index (χ4v) is 11.2. The average molecular weight is 905 g/mol. The van der Waals surface area contributed by atoms with Crippen molar-refractivity contribution in [3.05, 3.63) is 64.7 Å². The molecule has 5 amide bonds. The number of methoxy groups -OCH3 is 1. The van der Waals surface area contributed by atoms with E-state index < -0.39 is 47.8 Å². The fourth-order valence-electron chi connectivity index (χ4n) is 11.2. The van der Waals surface area contributed by atoms with Crippen molar-refractivity contribution in [3.63, 3.8) is 0 Å². The Kier molecular flexibility index (Phi) is 14.0. The summed E-state index contributed by atoms with van der Waals surface area (Å²) in [5.41, 5.74) is 8.14. The SMILES string of the molecule is CC[C@@H]1[C@H](F)C(=O)N[C@@H]1COc1ccc(C#C[C@H]2CC[C@H](CN3CCC4(CC3)CC(CNc3cccc(C=O)c3C(=O)N(C)C3CCC(=O)NC3=O)C4)CC2)c2cc(C(N)=O)c(OC)cc12. The normalized spacial score (nSPS) is 25.2. The van der Waals surface area contributed by atoms with Crippen molar-refractivity contribution in [2.45, 2.75) is 95.8 Å². The van der Waals surface area contributed by atoms with E-state index in [2.05, 4.69) is 32.7 Å². The molecule has 5 fully saturated rings. The average Bonchev–Trinajstić information content (AvgIpc) is 3.59. The van der Waals surface area contributed by atoms with Crippen LogP contribution >= 0.6 is 0 Å². The van der Waals surface area contributed by atoms with Gasteiger partial charge in [-0.1, -0.05) is 30.9 Å². The molecular formula is C51H61FN6O8. The van der Waals surface area contributed by atoms with E-state index in [-0.39, 0.29) is 48.0 Å². The Balaban J connectivity index is 0.817. The number of likely N-dealkylation sites (tertiary alicyclic amines) is 1. The third-order valence-corrected chi connectivity index (χ3v) is 15.1. The number of carbonyl (C=O) groups is 6. The molecule has 1 spiro atoms. The van der Waals surface area contributed by atoms with Crippen molar-refractivity contribution in [3.8, 4) is 23.3 Å². The highest BCUT2D eigenvalue weighted by Gasteiger charge is 2.46. The van der Waals surface area contributed by atoms with Crippen LogP contribution in [0.1, 0.15) is 114 Å². The number of primary amides is 1. The number of amides is 5. The highest BCUT2D eigenvalue weighted by atomic mass is 19.1.